The molecule has 84 valence electrons. The van der Waals surface area contributed by atoms with Gasteiger partial charge in [0.05, 0.1) is 11.2 Å². The van der Waals surface area contributed by atoms with E-state index in [1.54, 1.807) is 14.1 Å². The maximum absolute atomic E-state index is 12.4. The molecule has 0 spiro atoms. The van der Waals surface area contributed by atoms with E-state index in [1.165, 1.54) is 4.68 Å². The maximum Gasteiger partial charge on any atom is 0.435 e. The van der Waals surface area contributed by atoms with E-state index < -0.39 is 11.9 Å². The molecule has 0 saturated heterocycles. The molecule has 1 fully saturated rings. The minimum absolute atomic E-state index is 0.286. The summed E-state index contributed by atoms with van der Waals surface area (Å²) in [6, 6.07) is 1.13. The fourth-order valence-electron chi connectivity index (χ4n) is 1.81. The quantitative estimate of drug-likeness (QED) is 0.819. The van der Waals surface area contributed by atoms with Crippen molar-refractivity contribution in [1.29, 1.82) is 0 Å². The van der Waals surface area contributed by atoms with Crippen molar-refractivity contribution in [3.8, 4) is 0 Å². The Morgan fingerprint density at radius 2 is 2.07 bits per heavy atom. The van der Waals surface area contributed by atoms with Crippen molar-refractivity contribution in [2.75, 3.05) is 7.05 Å². The van der Waals surface area contributed by atoms with Crippen molar-refractivity contribution >= 4 is 0 Å². The molecule has 1 aromatic heterocycles. The molecule has 0 aromatic carbocycles. The highest BCUT2D eigenvalue weighted by atomic mass is 19.4. The monoisotopic (exact) mass is 219 g/mol. The molecule has 0 atom stereocenters. The van der Waals surface area contributed by atoms with Gasteiger partial charge in [-0.15, -0.1) is 0 Å². The summed E-state index contributed by atoms with van der Waals surface area (Å²) in [5.41, 5.74) is -0.496. The second-order valence-corrected chi connectivity index (χ2v) is 3.87. The molecule has 2 rings (SSSR count). The van der Waals surface area contributed by atoms with E-state index in [0.29, 0.717) is 5.69 Å². The SMILES string of the molecule is CNC1(c2cc(C(F)(F)F)nn2C)CC1. The summed E-state index contributed by atoms with van der Waals surface area (Å²) >= 11 is 0. The van der Waals surface area contributed by atoms with E-state index in [-0.39, 0.29) is 5.54 Å². The minimum Gasteiger partial charge on any atom is -0.309 e. The van der Waals surface area contributed by atoms with Gasteiger partial charge in [0.2, 0.25) is 0 Å². The molecule has 3 nitrogen and oxygen atoms in total. The number of rotatable bonds is 2. The van der Waals surface area contributed by atoms with Gasteiger partial charge in [0.15, 0.2) is 5.69 Å². The van der Waals surface area contributed by atoms with Crippen molar-refractivity contribution in [3.63, 3.8) is 0 Å². The van der Waals surface area contributed by atoms with Crippen LogP contribution in [0.1, 0.15) is 24.2 Å². The maximum atomic E-state index is 12.4. The number of nitrogens with one attached hydrogen (secondary N) is 1. The Hall–Kier alpha value is -1.04. The Morgan fingerprint density at radius 3 is 2.40 bits per heavy atom. The highest BCUT2D eigenvalue weighted by Gasteiger charge is 2.47. The predicted molar refractivity (Wildman–Crippen MR) is 48.2 cm³/mol. The van der Waals surface area contributed by atoms with Crippen LogP contribution in [0.15, 0.2) is 6.07 Å². The zero-order valence-corrected chi connectivity index (χ0v) is 8.52. The number of alkyl halides is 3. The van der Waals surface area contributed by atoms with Gasteiger partial charge in [-0.25, -0.2) is 0 Å². The Labute approximate surface area is 85.3 Å². The van der Waals surface area contributed by atoms with Crippen molar-refractivity contribution in [3.05, 3.63) is 17.5 Å². The van der Waals surface area contributed by atoms with Crippen LogP contribution in [-0.2, 0) is 18.8 Å². The summed E-state index contributed by atoms with van der Waals surface area (Å²) in [6.45, 7) is 0. The molecule has 1 aromatic rings. The van der Waals surface area contributed by atoms with Crippen LogP contribution in [0.4, 0.5) is 13.2 Å². The largest absolute Gasteiger partial charge is 0.435 e. The lowest BCUT2D eigenvalue weighted by Gasteiger charge is -2.13. The smallest absolute Gasteiger partial charge is 0.309 e. The van der Waals surface area contributed by atoms with Gasteiger partial charge in [0, 0.05) is 7.05 Å². The van der Waals surface area contributed by atoms with Crippen LogP contribution in [0.25, 0.3) is 0 Å². The first-order valence-electron chi connectivity index (χ1n) is 4.70. The average Bonchev–Trinajstić information content (AvgIpc) is 2.82. The Morgan fingerprint density at radius 1 is 1.47 bits per heavy atom. The molecule has 1 heterocycles. The lowest BCUT2D eigenvalue weighted by atomic mass is 10.1. The van der Waals surface area contributed by atoms with Gasteiger partial charge in [-0.2, -0.15) is 18.3 Å². The first kappa shape index (κ1) is 10.5. The van der Waals surface area contributed by atoms with E-state index in [9.17, 15) is 13.2 Å². The average molecular weight is 219 g/mol. The van der Waals surface area contributed by atoms with E-state index in [2.05, 4.69) is 10.4 Å². The molecule has 1 aliphatic rings. The standard InChI is InChI=1S/C9H12F3N3/c1-13-8(3-4-8)7-5-6(9(10,11)12)14-15(7)2/h5,13H,3-4H2,1-2H3. The number of aryl methyl sites for hydroxylation is 1. The van der Waals surface area contributed by atoms with Crippen molar-refractivity contribution in [1.82, 2.24) is 15.1 Å². The Balaban J connectivity index is 2.39. The lowest BCUT2D eigenvalue weighted by molar-refractivity contribution is -0.141. The number of hydrogen-bond donors (Lipinski definition) is 1. The Kier molecular flexibility index (Phi) is 2.08. The molecule has 1 saturated carbocycles. The summed E-state index contributed by atoms with van der Waals surface area (Å²) in [5, 5.41) is 6.53. The first-order chi connectivity index (χ1) is 6.89. The normalized spacial score (nSPS) is 19.3. The van der Waals surface area contributed by atoms with Crippen molar-refractivity contribution < 1.29 is 13.2 Å². The summed E-state index contributed by atoms with van der Waals surface area (Å²) in [6.07, 6.45) is -2.64. The van der Waals surface area contributed by atoms with Crippen LogP contribution >= 0.6 is 0 Å². The fourth-order valence-corrected chi connectivity index (χ4v) is 1.81. The number of nitrogens with zero attached hydrogens (tertiary/aromatic N) is 2. The van der Waals surface area contributed by atoms with Crippen molar-refractivity contribution in [2.45, 2.75) is 24.6 Å². The molecule has 0 radical (unpaired) electrons. The second kappa shape index (κ2) is 2.98. The molecule has 0 bridgehead atoms. The molecule has 0 unspecified atom stereocenters. The van der Waals surface area contributed by atoms with Crippen molar-refractivity contribution in [2.24, 2.45) is 7.05 Å². The molecule has 1 aliphatic carbocycles. The lowest BCUT2D eigenvalue weighted by Crippen LogP contribution is -2.27. The summed E-state index contributed by atoms with van der Waals surface area (Å²) < 4.78 is 38.5. The highest BCUT2D eigenvalue weighted by molar-refractivity contribution is 5.26. The fraction of sp³-hybridized carbons (Fsp3) is 0.667. The van der Waals surface area contributed by atoms with E-state index in [4.69, 9.17) is 0 Å². The molecule has 6 heteroatoms. The third-order valence-electron chi connectivity index (χ3n) is 2.89. The molecule has 0 aliphatic heterocycles. The van der Waals surface area contributed by atoms with Gasteiger partial charge >= 0.3 is 6.18 Å². The second-order valence-electron chi connectivity index (χ2n) is 3.87. The van der Waals surface area contributed by atoms with Gasteiger partial charge in [0.1, 0.15) is 0 Å². The molecule has 15 heavy (non-hydrogen) atoms. The van der Waals surface area contributed by atoms with Crippen LogP contribution < -0.4 is 5.32 Å². The summed E-state index contributed by atoms with van der Waals surface area (Å²) in [7, 11) is 3.30. The minimum atomic E-state index is -4.36. The first-order valence-corrected chi connectivity index (χ1v) is 4.70. The van der Waals surface area contributed by atoms with Gasteiger partial charge in [-0.05, 0) is 26.0 Å². The van der Waals surface area contributed by atoms with Crippen LogP contribution in [-0.4, -0.2) is 16.8 Å². The zero-order valence-electron chi connectivity index (χ0n) is 8.52. The van der Waals surface area contributed by atoms with E-state index >= 15 is 0 Å². The predicted octanol–water partition coefficient (Wildman–Crippen LogP) is 1.65. The number of aromatic nitrogens is 2. The summed E-state index contributed by atoms with van der Waals surface area (Å²) in [5.74, 6) is 0. The number of hydrogen-bond acceptors (Lipinski definition) is 2. The van der Waals surface area contributed by atoms with E-state index in [1.807, 2.05) is 0 Å². The molecule has 0 amide bonds. The Bertz CT molecular complexity index is 376. The van der Waals surface area contributed by atoms with Crippen LogP contribution in [0.2, 0.25) is 0 Å². The highest BCUT2D eigenvalue weighted by Crippen LogP contribution is 2.46. The van der Waals surface area contributed by atoms with Gasteiger partial charge in [0.25, 0.3) is 0 Å². The van der Waals surface area contributed by atoms with Crippen LogP contribution in [0.5, 0.6) is 0 Å². The van der Waals surface area contributed by atoms with E-state index in [0.717, 1.165) is 18.9 Å². The molecular formula is C9H12F3N3. The molecular weight excluding hydrogens is 207 g/mol. The van der Waals surface area contributed by atoms with Gasteiger partial charge < -0.3 is 5.32 Å². The third-order valence-corrected chi connectivity index (χ3v) is 2.89. The van der Waals surface area contributed by atoms with Gasteiger partial charge in [-0.3, -0.25) is 4.68 Å². The molecule has 1 N–H and O–H groups in total. The van der Waals surface area contributed by atoms with Gasteiger partial charge in [-0.1, -0.05) is 0 Å². The zero-order chi connectivity index (χ0) is 11.3. The number of halogens is 3. The van der Waals surface area contributed by atoms with Crippen LogP contribution in [0.3, 0.4) is 0 Å². The van der Waals surface area contributed by atoms with Crippen LogP contribution in [0, 0.1) is 0 Å². The summed E-state index contributed by atoms with van der Waals surface area (Å²) in [4.78, 5) is 0. The third kappa shape index (κ3) is 1.62. The topological polar surface area (TPSA) is 29.9 Å².